The second kappa shape index (κ2) is 20.1. The Morgan fingerprint density at radius 2 is 1.49 bits per heavy atom. The highest BCUT2D eigenvalue weighted by Crippen LogP contribution is 2.47. The summed E-state index contributed by atoms with van der Waals surface area (Å²) in [6, 6.07) is -0.283. The number of methoxy groups -OCH3 is 1. The van der Waals surface area contributed by atoms with Gasteiger partial charge in [0, 0.05) is 18.7 Å². The SMILES string of the molecule is CC.CCC.CCC(C)C.CCCc1nc(-c2c(Cl)c(N)c(F)c(F)c2C(F)(F)F)c(F)c2nc(OC)nc(NCCNC)c12. The van der Waals surface area contributed by atoms with Gasteiger partial charge in [-0.25, -0.2) is 18.2 Å². The number of anilines is 2. The van der Waals surface area contributed by atoms with Crippen molar-refractivity contribution in [2.45, 2.75) is 87.2 Å². The lowest BCUT2D eigenvalue weighted by Crippen LogP contribution is -2.19. The molecular formula is C31H47ClF6N6O. The molecule has 0 atom stereocenters. The van der Waals surface area contributed by atoms with Crippen LogP contribution in [0.2, 0.25) is 5.02 Å². The maximum Gasteiger partial charge on any atom is 0.420 e. The van der Waals surface area contributed by atoms with Crippen molar-refractivity contribution >= 4 is 34.0 Å². The number of nitrogen functional groups attached to an aromatic ring is 1. The molecule has 0 bridgehead atoms. The van der Waals surface area contributed by atoms with Gasteiger partial charge in [-0.2, -0.15) is 23.1 Å². The number of nitrogens with one attached hydrogen (secondary N) is 2. The fourth-order valence-corrected chi connectivity index (χ4v) is 3.77. The highest BCUT2D eigenvalue weighted by Gasteiger charge is 2.42. The Kier molecular flexibility index (Phi) is 18.8. The van der Waals surface area contributed by atoms with Gasteiger partial charge in [-0.1, -0.05) is 86.3 Å². The Morgan fingerprint density at radius 3 is 1.93 bits per heavy atom. The van der Waals surface area contributed by atoms with E-state index in [0.29, 0.717) is 19.5 Å². The van der Waals surface area contributed by atoms with Crippen molar-refractivity contribution in [2.24, 2.45) is 5.92 Å². The van der Waals surface area contributed by atoms with E-state index in [9.17, 15) is 22.0 Å². The van der Waals surface area contributed by atoms with Gasteiger partial charge < -0.3 is 21.1 Å². The highest BCUT2D eigenvalue weighted by atomic mass is 35.5. The van der Waals surface area contributed by atoms with Crippen molar-refractivity contribution < 1.29 is 31.1 Å². The van der Waals surface area contributed by atoms with Crippen molar-refractivity contribution in [2.75, 3.05) is 38.3 Å². The third-order valence-electron chi connectivity index (χ3n) is 5.87. The molecule has 0 radical (unpaired) electrons. The van der Waals surface area contributed by atoms with E-state index in [1.54, 1.807) is 14.0 Å². The van der Waals surface area contributed by atoms with Crippen LogP contribution in [-0.2, 0) is 12.6 Å². The van der Waals surface area contributed by atoms with E-state index >= 15 is 4.39 Å². The molecule has 0 saturated heterocycles. The molecule has 7 nitrogen and oxygen atoms in total. The summed E-state index contributed by atoms with van der Waals surface area (Å²) in [6.45, 7) is 17.5. The number of halogens is 7. The minimum atomic E-state index is -5.45. The van der Waals surface area contributed by atoms with Crippen LogP contribution in [-0.4, -0.2) is 42.2 Å². The van der Waals surface area contributed by atoms with Gasteiger partial charge in [-0.05, 0) is 19.4 Å². The first-order chi connectivity index (χ1) is 21.2. The fraction of sp³-hybridized carbons (Fsp3) is 0.581. The second-order valence-corrected chi connectivity index (χ2v) is 10.3. The van der Waals surface area contributed by atoms with Crippen LogP contribution in [0.3, 0.4) is 0 Å². The van der Waals surface area contributed by atoms with Gasteiger partial charge in [-0.15, -0.1) is 0 Å². The number of aryl methyl sites for hydroxylation is 1. The van der Waals surface area contributed by atoms with E-state index in [1.807, 2.05) is 13.8 Å². The molecule has 3 aromatic rings. The standard InChI is InChI=1S/C21H21ClF6N6O.C5H12.C3H8.C2H6/c1-4-5-8-9-17(33-20(35-3)34-19(9)31-7-6-30-2)15(25)18(32-8)10-11(21(26,27)28)13(23)14(24)16(29)12(10)22;1-4-5(2)3;1-3-2;1-2/h30H,4-7,29H2,1-3H3,(H,31,33,34);5H,4H2,1-3H3;3H2,1-2H3;1-2H3. The van der Waals surface area contributed by atoms with Crippen LogP contribution >= 0.6 is 11.6 Å². The van der Waals surface area contributed by atoms with E-state index in [4.69, 9.17) is 22.1 Å². The lowest BCUT2D eigenvalue weighted by molar-refractivity contribution is -0.139. The molecule has 0 aliphatic rings. The number of fused-ring (bicyclic) bond motifs is 1. The van der Waals surface area contributed by atoms with Crippen LogP contribution in [0, 0.1) is 23.4 Å². The molecule has 14 heteroatoms. The smallest absolute Gasteiger partial charge is 0.420 e. The zero-order valence-corrected chi connectivity index (χ0v) is 28.5. The van der Waals surface area contributed by atoms with E-state index in [2.05, 4.69) is 60.2 Å². The molecule has 0 saturated carbocycles. The van der Waals surface area contributed by atoms with E-state index < -0.39 is 56.7 Å². The number of hydrogen-bond donors (Lipinski definition) is 3. The van der Waals surface area contributed by atoms with Crippen LogP contribution in [0.4, 0.5) is 37.8 Å². The minimum Gasteiger partial charge on any atom is -0.467 e. The molecule has 0 fully saturated rings. The van der Waals surface area contributed by atoms with Crippen LogP contribution in [0.1, 0.15) is 85.9 Å². The first kappa shape index (κ1) is 41.9. The number of likely N-dealkylation sites (N-methyl/N-ethyl adjacent to an activating group) is 1. The number of hydrogen-bond acceptors (Lipinski definition) is 7. The maximum absolute atomic E-state index is 15.8. The fourth-order valence-electron chi connectivity index (χ4n) is 3.50. The molecular weight excluding hydrogens is 622 g/mol. The monoisotopic (exact) mass is 668 g/mol. The Balaban J connectivity index is 0.00000170. The summed E-state index contributed by atoms with van der Waals surface area (Å²) in [5.74, 6) is -4.66. The Morgan fingerprint density at radius 1 is 0.933 bits per heavy atom. The third-order valence-corrected chi connectivity index (χ3v) is 6.26. The lowest BCUT2D eigenvalue weighted by atomic mass is 9.98. The predicted octanol–water partition coefficient (Wildman–Crippen LogP) is 9.45. The van der Waals surface area contributed by atoms with Gasteiger partial charge in [0.1, 0.15) is 22.6 Å². The number of aromatic nitrogens is 3. The molecule has 1 aromatic carbocycles. The summed E-state index contributed by atoms with van der Waals surface area (Å²) in [4.78, 5) is 12.2. The second-order valence-electron chi connectivity index (χ2n) is 9.90. The van der Waals surface area contributed by atoms with Gasteiger partial charge in [0.2, 0.25) is 0 Å². The summed E-state index contributed by atoms with van der Waals surface area (Å²) < 4.78 is 90.9. The van der Waals surface area contributed by atoms with Crippen LogP contribution < -0.4 is 21.1 Å². The number of rotatable bonds is 9. The van der Waals surface area contributed by atoms with E-state index in [-0.39, 0.29) is 29.3 Å². The topological polar surface area (TPSA) is 98.0 Å². The quantitative estimate of drug-likeness (QED) is 0.0904. The first-order valence-corrected chi connectivity index (χ1v) is 15.4. The number of nitrogens with two attached hydrogens (primary N) is 1. The molecule has 0 aliphatic carbocycles. The molecule has 45 heavy (non-hydrogen) atoms. The summed E-state index contributed by atoms with van der Waals surface area (Å²) in [7, 11) is 2.94. The number of nitrogens with zero attached hydrogens (tertiary/aromatic N) is 3. The molecule has 0 unspecified atom stereocenters. The Labute approximate surface area is 267 Å². The van der Waals surface area contributed by atoms with Crippen molar-refractivity contribution in [1.29, 1.82) is 0 Å². The molecule has 2 heterocycles. The molecule has 0 aliphatic heterocycles. The van der Waals surface area contributed by atoms with Crippen molar-refractivity contribution in [3.8, 4) is 17.3 Å². The third kappa shape index (κ3) is 11.1. The van der Waals surface area contributed by atoms with E-state index in [1.165, 1.54) is 20.0 Å². The Hall–Kier alpha value is -3.06. The van der Waals surface area contributed by atoms with Gasteiger partial charge in [0.25, 0.3) is 0 Å². The zero-order chi connectivity index (χ0) is 35.1. The van der Waals surface area contributed by atoms with Gasteiger partial charge in [0.05, 0.1) is 28.9 Å². The molecule has 3 rings (SSSR count). The minimum absolute atomic E-state index is 0.102. The summed E-state index contributed by atoms with van der Waals surface area (Å²) in [5.41, 5.74) is -0.372. The Bertz CT molecular complexity index is 1360. The zero-order valence-electron chi connectivity index (χ0n) is 27.8. The van der Waals surface area contributed by atoms with Crippen LogP contribution in [0.15, 0.2) is 0 Å². The molecule has 0 spiro atoms. The van der Waals surface area contributed by atoms with Crippen molar-refractivity contribution in [3.63, 3.8) is 0 Å². The first-order valence-electron chi connectivity index (χ1n) is 15.0. The summed E-state index contributed by atoms with van der Waals surface area (Å²) >= 11 is 5.93. The molecule has 2 aromatic heterocycles. The number of ether oxygens (including phenoxy) is 1. The maximum atomic E-state index is 15.8. The predicted molar refractivity (Wildman–Crippen MR) is 172 cm³/mol. The average Bonchev–Trinajstić information content (AvgIpc) is 3.00. The highest BCUT2D eigenvalue weighted by molar-refractivity contribution is 6.36. The molecule has 0 amide bonds. The summed E-state index contributed by atoms with van der Waals surface area (Å²) in [6.07, 6.45) is -2.28. The summed E-state index contributed by atoms with van der Waals surface area (Å²) in [5, 5.41) is 4.97. The number of benzene rings is 1. The van der Waals surface area contributed by atoms with Gasteiger partial charge in [0.15, 0.2) is 17.5 Å². The van der Waals surface area contributed by atoms with E-state index in [0.717, 1.165) is 5.92 Å². The van der Waals surface area contributed by atoms with Crippen LogP contribution in [0.25, 0.3) is 22.2 Å². The normalized spacial score (nSPS) is 10.8. The largest absolute Gasteiger partial charge is 0.467 e. The van der Waals surface area contributed by atoms with Crippen molar-refractivity contribution in [1.82, 2.24) is 20.3 Å². The number of alkyl halides is 3. The van der Waals surface area contributed by atoms with Gasteiger partial charge >= 0.3 is 12.2 Å². The van der Waals surface area contributed by atoms with Gasteiger partial charge in [-0.3, -0.25) is 0 Å². The number of pyridine rings is 1. The lowest BCUT2D eigenvalue weighted by Gasteiger charge is -2.20. The van der Waals surface area contributed by atoms with Crippen molar-refractivity contribution in [3.05, 3.63) is 33.7 Å². The van der Waals surface area contributed by atoms with Crippen LogP contribution in [0.5, 0.6) is 6.01 Å². The average molecular weight is 669 g/mol. The molecule has 4 N–H and O–H groups in total. The molecule has 256 valence electrons.